The van der Waals surface area contributed by atoms with Gasteiger partial charge in [0.15, 0.2) is 12.3 Å². The van der Waals surface area contributed by atoms with E-state index in [1.807, 2.05) is 47.0 Å². The predicted molar refractivity (Wildman–Crippen MR) is 149 cm³/mol. The van der Waals surface area contributed by atoms with Gasteiger partial charge in [0, 0.05) is 18.0 Å². The van der Waals surface area contributed by atoms with Crippen molar-refractivity contribution in [3.8, 4) is 5.75 Å². The van der Waals surface area contributed by atoms with E-state index in [0.717, 1.165) is 26.0 Å². The number of aryl methyl sites for hydroxylation is 1. The highest BCUT2D eigenvalue weighted by Gasteiger charge is 2.30. The summed E-state index contributed by atoms with van der Waals surface area (Å²) in [7, 11) is -8.25. The van der Waals surface area contributed by atoms with Gasteiger partial charge in [-0.15, -0.1) is 0 Å². The van der Waals surface area contributed by atoms with Gasteiger partial charge in [-0.2, -0.15) is 21.4 Å². The van der Waals surface area contributed by atoms with E-state index >= 15 is 0 Å². The van der Waals surface area contributed by atoms with Crippen LogP contribution >= 0.6 is 22.9 Å². The molecule has 0 bridgehead atoms. The third-order valence-electron chi connectivity index (χ3n) is 6.12. The molecule has 4 aromatic rings. The number of fused-ring (bicyclic) bond motifs is 4. The average molecular weight is 596 g/mol. The van der Waals surface area contributed by atoms with Crippen LogP contribution in [0.4, 0.5) is 5.69 Å². The van der Waals surface area contributed by atoms with Gasteiger partial charge in [0.1, 0.15) is 4.70 Å². The molecule has 2 N–H and O–H groups in total. The Morgan fingerprint density at radius 2 is 1.71 bits per heavy atom. The molecule has 3 aromatic carbocycles. The second kappa shape index (κ2) is 10.4. The molecule has 9 nitrogen and oxygen atoms in total. The first-order valence-corrected chi connectivity index (χ1v) is 16.1. The van der Waals surface area contributed by atoms with Gasteiger partial charge >= 0.3 is 0 Å². The summed E-state index contributed by atoms with van der Waals surface area (Å²) >= 11 is 7.72. The van der Waals surface area contributed by atoms with Gasteiger partial charge in [-0.1, -0.05) is 47.2 Å². The Bertz CT molecular complexity index is 1780. The first kappa shape index (κ1) is 26.9. The molecule has 0 radical (unpaired) electrons. The van der Waals surface area contributed by atoms with Crippen molar-refractivity contribution >= 4 is 75.9 Å². The lowest BCUT2D eigenvalue weighted by atomic mass is 10.1. The Kier molecular flexibility index (Phi) is 7.37. The van der Waals surface area contributed by atoms with Crippen molar-refractivity contribution in [2.45, 2.75) is 19.4 Å². The minimum absolute atomic E-state index is 0.150. The van der Waals surface area contributed by atoms with Gasteiger partial charge in [0.25, 0.3) is 25.2 Å². The molecule has 0 unspecified atom stereocenters. The van der Waals surface area contributed by atoms with Crippen molar-refractivity contribution in [3.63, 3.8) is 0 Å². The van der Waals surface area contributed by atoms with Gasteiger partial charge in [-0.25, -0.2) is 0 Å². The number of hydrogen-bond acceptors (Lipinski definition) is 7. The van der Waals surface area contributed by atoms with E-state index in [2.05, 4.69) is 0 Å². The number of rotatable bonds is 9. The van der Waals surface area contributed by atoms with Crippen molar-refractivity contribution in [3.05, 3.63) is 70.5 Å². The summed E-state index contributed by atoms with van der Waals surface area (Å²) in [5, 5.41) is 3.30. The maximum Gasteiger partial charge on any atom is 0.268 e. The summed E-state index contributed by atoms with van der Waals surface area (Å²) in [4.78, 5) is 1.80. The van der Waals surface area contributed by atoms with Crippen molar-refractivity contribution in [1.82, 2.24) is 0 Å². The van der Waals surface area contributed by atoms with Crippen LogP contribution in [0, 0.1) is 0 Å². The zero-order valence-electron chi connectivity index (χ0n) is 19.9. The van der Waals surface area contributed by atoms with E-state index in [-0.39, 0.29) is 25.1 Å². The number of aromatic nitrogens is 1. The molecule has 0 fully saturated rings. The van der Waals surface area contributed by atoms with E-state index in [0.29, 0.717) is 28.9 Å². The maximum absolute atomic E-state index is 11.4. The van der Waals surface area contributed by atoms with Crippen LogP contribution in [0.5, 0.6) is 5.75 Å². The minimum Gasteiger partial charge on any atom is -0.438 e. The number of hydrogen-bond donors (Lipinski definition) is 2. The number of anilines is 1. The highest BCUT2D eigenvalue weighted by molar-refractivity contribution is 7.86. The Labute approximate surface area is 229 Å². The smallest absolute Gasteiger partial charge is 0.268 e. The molecule has 200 valence electrons. The molecule has 0 spiro atoms. The van der Waals surface area contributed by atoms with Crippen LogP contribution < -0.4 is 14.2 Å². The van der Waals surface area contributed by atoms with Crippen LogP contribution in [0.25, 0.3) is 27.1 Å². The monoisotopic (exact) mass is 595 g/mol. The van der Waals surface area contributed by atoms with E-state index in [9.17, 15) is 25.9 Å². The summed E-state index contributed by atoms with van der Waals surface area (Å²) in [5.41, 5.74) is 1.61. The van der Waals surface area contributed by atoms with E-state index in [1.54, 1.807) is 23.1 Å². The standard InChI is InChI=1S/C25H23ClN2O7S3/c26-18-8-9-21-20(15-18)27(11-3-13-37(29,30)31)23(35-21)16-24-28(12-4-14-38(32,33)34)25-19-6-2-1-5-17(19)7-10-22(25)36-24/h1-2,5-10,15-16H,3-4,11-14H2,(H-,29,30,31,32,33,34)/p+1. The number of benzene rings is 3. The van der Waals surface area contributed by atoms with Gasteiger partial charge in [-0.3, -0.25) is 9.11 Å². The molecule has 0 atom stereocenters. The number of nitrogens with zero attached hydrogens (tertiary/aromatic N) is 2. The van der Waals surface area contributed by atoms with E-state index < -0.39 is 26.0 Å². The summed E-state index contributed by atoms with van der Waals surface area (Å²) < 4.78 is 73.0. The van der Waals surface area contributed by atoms with E-state index in [1.165, 1.54) is 11.3 Å². The lowest BCUT2D eigenvalue weighted by Crippen LogP contribution is -2.36. The fourth-order valence-corrected chi connectivity index (χ4v) is 6.82. The highest BCUT2D eigenvalue weighted by atomic mass is 35.5. The molecule has 1 aliphatic rings. The molecule has 1 aliphatic heterocycles. The van der Waals surface area contributed by atoms with Gasteiger partial charge < -0.3 is 9.64 Å². The maximum atomic E-state index is 11.4. The zero-order chi connectivity index (χ0) is 27.1. The first-order valence-electron chi connectivity index (χ1n) is 11.7. The molecular weight excluding hydrogens is 572 g/mol. The molecule has 0 saturated heterocycles. The van der Waals surface area contributed by atoms with Crippen molar-refractivity contribution in [1.29, 1.82) is 0 Å². The molecular formula is C25H24ClN2O7S3+. The van der Waals surface area contributed by atoms with Crippen molar-refractivity contribution in [2.75, 3.05) is 23.0 Å². The Hall–Kier alpha value is -2.74. The van der Waals surface area contributed by atoms with Gasteiger partial charge in [0.05, 0.1) is 28.7 Å². The van der Waals surface area contributed by atoms with Crippen LogP contribution in [0.1, 0.15) is 17.8 Å². The fraction of sp³-hybridized carbons (Fsp3) is 0.240. The SMILES string of the molecule is O=S(=O)(O)CCCN1C(=Cc2sc3ccc4ccccc4c3[n+]2CCCS(=O)(=O)O)Oc2ccc(Cl)cc21. The van der Waals surface area contributed by atoms with Crippen molar-refractivity contribution in [2.24, 2.45) is 0 Å². The lowest BCUT2D eigenvalue weighted by Gasteiger charge is -2.17. The second-order valence-electron chi connectivity index (χ2n) is 8.85. The van der Waals surface area contributed by atoms with Crippen LogP contribution in [0.3, 0.4) is 0 Å². The van der Waals surface area contributed by atoms with Gasteiger partial charge in [-0.05, 0) is 42.1 Å². The predicted octanol–water partition coefficient (Wildman–Crippen LogP) is 4.75. The second-order valence-corrected chi connectivity index (χ2v) is 13.5. The molecule has 38 heavy (non-hydrogen) atoms. The van der Waals surface area contributed by atoms with Crippen LogP contribution in [-0.4, -0.2) is 44.0 Å². The number of ether oxygens (including phenoxy) is 1. The van der Waals surface area contributed by atoms with Crippen LogP contribution in [-0.2, 0) is 26.8 Å². The summed E-state index contributed by atoms with van der Waals surface area (Å²) in [6, 6.07) is 17.1. The Balaban J connectivity index is 1.60. The highest BCUT2D eigenvalue weighted by Crippen LogP contribution is 2.41. The third kappa shape index (κ3) is 5.95. The third-order valence-corrected chi connectivity index (χ3v) is 9.06. The molecule has 1 aromatic heterocycles. The summed E-state index contributed by atoms with van der Waals surface area (Å²) in [6.45, 7) is 0.573. The van der Waals surface area contributed by atoms with E-state index in [4.69, 9.17) is 16.3 Å². The summed E-state index contributed by atoms with van der Waals surface area (Å²) in [6.07, 6.45) is 2.18. The molecule has 0 saturated carbocycles. The molecule has 2 heterocycles. The minimum atomic E-state index is -4.13. The molecule has 13 heteroatoms. The summed E-state index contributed by atoms with van der Waals surface area (Å²) in [5.74, 6) is 0.214. The fourth-order valence-electron chi connectivity index (χ4n) is 4.53. The van der Waals surface area contributed by atoms with Crippen molar-refractivity contribution < 1.29 is 35.2 Å². The normalized spacial score (nSPS) is 14.9. The largest absolute Gasteiger partial charge is 0.438 e. The average Bonchev–Trinajstić information content (AvgIpc) is 3.35. The van der Waals surface area contributed by atoms with Gasteiger partial charge in [0.2, 0.25) is 11.4 Å². The Morgan fingerprint density at radius 3 is 2.47 bits per heavy atom. The topological polar surface area (TPSA) is 125 Å². The lowest BCUT2D eigenvalue weighted by molar-refractivity contribution is -0.667. The number of halogens is 1. The zero-order valence-corrected chi connectivity index (χ0v) is 23.2. The quantitative estimate of drug-likeness (QED) is 0.210. The Morgan fingerprint density at radius 1 is 0.974 bits per heavy atom. The first-order chi connectivity index (χ1) is 18.0. The van der Waals surface area contributed by atoms with Crippen LogP contribution in [0.15, 0.2) is 60.5 Å². The molecule has 0 aliphatic carbocycles. The van der Waals surface area contributed by atoms with Crippen LogP contribution in [0.2, 0.25) is 5.02 Å². The molecule has 5 rings (SSSR count). The number of thiazole rings is 1. The molecule has 0 amide bonds.